The van der Waals surface area contributed by atoms with Gasteiger partial charge in [-0.2, -0.15) is 0 Å². The second-order valence-corrected chi connectivity index (χ2v) is 5.03. The molecule has 0 bridgehead atoms. The maximum Gasteiger partial charge on any atom is 0.126 e. The number of rotatable bonds is 4. The highest BCUT2D eigenvalue weighted by molar-refractivity contribution is 5.44. The van der Waals surface area contributed by atoms with Gasteiger partial charge < -0.3 is 14.8 Å². The molecule has 18 heavy (non-hydrogen) atoms. The molecule has 3 nitrogen and oxygen atoms in total. The van der Waals surface area contributed by atoms with E-state index in [2.05, 4.69) is 25.2 Å². The summed E-state index contributed by atoms with van der Waals surface area (Å²) in [4.78, 5) is 0. The lowest BCUT2D eigenvalue weighted by atomic mass is 9.89. The monoisotopic (exact) mass is 249 g/mol. The van der Waals surface area contributed by atoms with Gasteiger partial charge in [0.1, 0.15) is 11.5 Å². The van der Waals surface area contributed by atoms with Crippen LogP contribution in [0.3, 0.4) is 0 Å². The van der Waals surface area contributed by atoms with Gasteiger partial charge in [-0.05, 0) is 31.4 Å². The molecule has 3 atom stereocenters. The average molecular weight is 249 g/mol. The van der Waals surface area contributed by atoms with Crippen molar-refractivity contribution in [1.29, 1.82) is 0 Å². The Bertz CT molecular complexity index is 405. The van der Waals surface area contributed by atoms with Crippen LogP contribution in [0.25, 0.3) is 0 Å². The highest BCUT2D eigenvalue weighted by atomic mass is 16.5. The summed E-state index contributed by atoms with van der Waals surface area (Å²) in [6, 6.07) is 7.26. The van der Waals surface area contributed by atoms with Crippen LogP contribution in [-0.4, -0.2) is 26.3 Å². The lowest BCUT2D eigenvalue weighted by Crippen LogP contribution is -2.28. The molecule has 1 heterocycles. The molecule has 0 amide bonds. The third-order valence-corrected chi connectivity index (χ3v) is 3.87. The summed E-state index contributed by atoms with van der Waals surface area (Å²) in [6.07, 6.45) is 2.31. The number of hydrogen-bond donors (Lipinski definition) is 1. The Morgan fingerprint density at radius 2 is 2.06 bits per heavy atom. The number of nitrogens with one attached hydrogen (secondary N) is 1. The van der Waals surface area contributed by atoms with E-state index in [1.165, 1.54) is 12.0 Å². The normalized spacial score (nSPS) is 27.2. The van der Waals surface area contributed by atoms with E-state index < -0.39 is 0 Å². The van der Waals surface area contributed by atoms with Crippen LogP contribution in [0.1, 0.15) is 38.2 Å². The zero-order valence-electron chi connectivity index (χ0n) is 11.7. The van der Waals surface area contributed by atoms with Crippen LogP contribution in [0.5, 0.6) is 11.5 Å². The van der Waals surface area contributed by atoms with Crippen molar-refractivity contribution in [3.05, 3.63) is 23.8 Å². The molecule has 0 spiro atoms. The van der Waals surface area contributed by atoms with Crippen LogP contribution in [0.15, 0.2) is 18.2 Å². The molecule has 0 aromatic heterocycles. The van der Waals surface area contributed by atoms with E-state index in [9.17, 15) is 0 Å². The zero-order valence-corrected chi connectivity index (χ0v) is 11.7. The third-order valence-electron chi connectivity index (χ3n) is 3.87. The lowest BCUT2D eigenvalue weighted by Gasteiger charge is -2.21. The van der Waals surface area contributed by atoms with Gasteiger partial charge in [-0.15, -0.1) is 0 Å². The van der Waals surface area contributed by atoms with Gasteiger partial charge in [0.05, 0.1) is 14.2 Å². The average Bonchev–Trinajstić information content (AvgIpc) is 2.78. The summed E-state index contributed by atoms with van der Waals surface area (Å²) in [5.74, 6) is 2.32. The summed E-state index contributed by atoms with van der Waals surface area (Å²) in [7, 11) is 3.41. The molecule has 1 fully saturated rings. The SMILES string of the molecule is CCC1NC(C)CC1c1ccc(OC)cc1OC. The summed E-state index contributed by atoms with van der Waals surface area (Å²) in [5, 5.41) is 3.65. The smallest absolute Gasteiger partial charge is 0.126 e. The van der Waals surface area contributed by atoms with Crippen molar-refractivity contribution >= 4 is 0 Å². The molecular weight excluding hydrogens is 226 g/mol. The Morgan fingerprint density at radius 3 is 2.67 bits per heavy atom. The summed E-state index contributed by atoms with van der Waals surface area (Å²) in [5.41, 5.74) is 1.29. The number of benzene rings is 1. The van der Waals surface area contributed by atoms with E-state index in [1.807, 2.05) is 12.1 Å². The van der Waals surface area contributed by atoms with Crippen molar-refractivity contribution in [2.24, 2.45) is 0 Å². The molecule has 1 N–H and O–H groups in total. The van der Waals surface area contributed by atoms with Crippen LogP contribution in [0, 0.1) is 0 Å². The number of ether oxygens (including phenoxy) is 2. The van der Waals surface area contributed by atoms with Crippen molar-refractivity contribution in [2.45, 2.75) is 44.7 Å². The van der Waals surface area contributed by atoms with Gasteiger partial charge in [0, 0.05) is 24.1 Å². The van der Waals surface area contributed by atoms with E-state index in [0.29, 0.717) is 18.0 Å². The van der Waals surface area contributed by atoms with Crippen LogP contribution < -0.4 is 14.8 Å². The van der Waals surface area contributed by atoms with E-state index in [0.717, 1.165) is 17.9 Å². The topological polar surface area (TPSA) is 30.5 Å². The predicted molar refractivity (Wildman–Crippen MR) is 73.6 cm³/mol. The fraction of sp³-hybridized carbons (Fsp3) is 0.600. The Hall–Kier alpha value is -1.22. The van der Waals surface area contributed by atoms with E-state index >= 15 is 0 Å². The largest absolute Gasteiger partial charge is 0.497 e. The lowest BCUT2D eigenvalue weighted by molar-refractivity contribution is 0.385. The fourth-order valence-corrected chi connectivity index (χ4v) is 2.97. The maximum atomic E-state index is 5.52. The first-order valence-corrected chi connectivity index (χ1v) is 6.67. The van der Waals surface area contributed by atoms with Crippen molar-refractivity contribution in [2.75, 3.05) is 14.2 Å². The van der Waals surface area contributed by atoms with Crippen molar-refractivity contribution < 1.29 is 9.47 Å². The fourth-order valence-electron chi connectivity index (χ4n) is 2.97. The molecule has 0 saturated carbocycles. The first-order chi connectivity index (χ1) is 8.69. The minimum absolute atomic E-state index is 0.533. The van der Waals surface area contributed by atoms with Gasteiger partial charge >= 0.3 is 0 Å². The van der Waals surface area contributed by atoms with Crippen LogP contribution in [-0.2, 0) is 0 Å². The van der Waals surface area contributed by atoms with E-state index in [-0.39, 0.29) is 0 Å². The van der Waals surface area contributed by atoms with Gasteiger partial charge in [-0.3, -0.25) is 0 Å². The zero-order chi connectivity index (χ0) is 13.1. The van der Waals surface area contributed by atoms with Crippen molar-refractivity contribution in [3.8, 4) is 11.5 Å². The molecule has 0 aliphatic carbocycles. The standard InChI is InChI=1S/C15H23NO2/c1-5-14-13(8-10(2)16-14)12-7-6-11(17-3)9-15(12)18-4/h6-7,9-10,13-14,16H,5,8H2,1-4H3. The Balaban J connectivity index is 2.32. The van der Waals surface area contributed by atoms with Crippen LogP contribution >= 0.6 is 0 Å². The van der Waals surface area contributed by atoms with Gasteiger partial charge in [0.15, 0.2) is 0 Å². The molecular formula is C15H23NO2. The maximum absolute atomic E-state index is 5.52. The van der Waals surface area contributed by atoms with Crippen LogP contribution in [0.2, 0.25) is 0 Å². The molecule has 3 unspecified atom stereocenters. The molecule has 2 rings (SSSR count). The molecule has 100 valence electrons. The highest BCUT2D eigenvalue weighted by Crippen LogP contribution is 2.38. The minimum Gasteiger partial charge on any atom is -0.497 e. The molecule has 1 aromatic rings. The quantitative estimate of drug-likeness (QED) is 0.890. The van der Waals surface area contributed by atoms with Gasteiger partial charge in [-0.1, -0.05) is 13.0 Å². The summed E-state index contributed by atoms with van der Waals surface area (Å²) >= 11 is 0. The van der Waals surface area contributed by atoms with Gasteiger partial charge in [0.2, 0.25) is 0 Å². The summed E-state index contributed by atoms with van der Waals surface area (Å²) in [6.45, 7) is 4.48. The molecule has 1 saturated heterocycles. The van der Waals surface area contributed by atoms with Crippen molar-refractivity contribution in [1.82, 2.24) is 5.32 Å². The third kappa shape index (κ3) is 2.46. The Kier molecular flexibility index (Phi) is 4.12. The second kappa shape index (κ2) is 5.61. The molecule has 1 aliphatic rings. The molecule has 3 heteroatoms. The molecule has 1 aromatic carbocycles. The highest BCUT2D eigenvalue weighted by Gasteiger charge is 2.32. The summed E-state index contributed by atoms with van der Waals surface area (Å²) < 4.78 is 10.8. The predicted octanol–water partition coefficient (Wildman–Crippen LogP) is 2.95. The number of hydrogen-bond acceptors (Lipinski definition) is 3. The first-order valence-electron chi connectivity index (χ1n) is 6.67. The Labute approximate surface area is 109 Å². The minimum atomic E-state index is 0.533. The first kappa shape index (κ1) is 13.2. The van der Waals surface area contributed by atoms with Gasteiger partial charge in [0.25, 0.3) is 0 Å². The molecule has 1 aliphatic heterocycles. The van der Waals surface area contributed by atoms with Crippen LogP contribution in [0.4, 0.5) is 0 Å². The molecule has 0 radical (unpaired) electrons. The van der Waals surface area contributed by atoms with E-state index in [1.54, 1.807) is 14.2 Å². The van der Waals surface area contributed by atoms with E-state index in [4.69, 9.17) is 9.47 Å². The number of methoxy groups -OCH3 is 2. The van der Waals surface area contributed by atoms with Crippen molar-refractivity contribution in [3.63, 3.8) is 0 Å². The second-order valence-electron chi connectivity index (χ2n) is 5.03. The van der Waals surface area contributed by atoms with Gasteiger partial charge in [-0.25, -0.2) is 0 Å². The Morgan fingerprint density at radius 1 is 1.28 bits per heavy atom.